The van der Waals surface area contributed by atoms with Crippen molar-refractivity contribution in [2.45, 2.75) is 56.8 Å². The summed E-state index contributed by atoms with van der Waals surface area (Å²) in [6, 6.07) is 18.9. The zero-order chi connectivity index (χ0) is 21.0. The molecule has 2 aromatic carbocycles. The molecule has 0 amide bonds. The van der Waals surface area contributed by atoms with E-state index >= 15 is 0 Å². The van der Waals surface area contributed by atoms with Crippen LogP contribution in [0.4, 0.5) is 0 Å². The van der Waals surface area contributed by atoms with E-state index < -0.39 is 6.10 Å². The maximum Gasteiger partial charge on any atom is 0.107 e. The molecule has 1 fully saturated rings. The lowest BCUT2D eigenvalue weighted by Gasteiger charge is -2.20. The van der Waals surface area contributed by atoms with Gasteiger partial charge in [-0.15, -0.1) is 0 Å². The molecule has 0 saturated carbocycles. The third kappa shape index (κ3) is 4.70. The number of hydrogen-bond donors (Lipinski definition) is 3. The highest BCUT2D eigenvalue weighted by molar-refractivity contribution is 5.75. The lowest BCUT2D eigenvalue weighted by Crippen LogP contribution is -2.35. The maximum absolute atomic E-state index is 10.7. The molecule has 3 atom stereocenters. The monoisotopic (exact) mass is 415 g/mol. The summed E-state index contributed by atoms with van der Waals surface area (Å²) in [6.45, 7) is 0.901. The lowest BCUT2D eigenvalue weighted by atomic mass is 10.0. The van der Waals surface area contributed by atoms with E-state index in [0.717, 1.165) is 61.1 Å². The van der Waals surface area contributed by atoms with Crippen LogP contribution in [0.5, 0.6) is 0 Å². The third-order valence-electron chi connectivity index (χ3n) is 6.24. The molecule has 31 heavy (non-hydrogen) atoms. The van der Waals surface area contributed by atoms with Crippen LogP contribution in [0.1, 0.15) is 42.3 Å². The Morgan fingerprint density at radius 1 is 1.10 bits per heavy atom. The van der Waals surface area contributed by atoms with Crippen molar-refractivity contribution in [1.82, 2.24) is 25.1 Å². The van der Waals surface area contributed by atoms with Crippen molar-refractivity contribution in [3.05, 3.63) is 83.9 Å². The van der Waals surface area contributed by atoms with Gasteiger partial charge in [-0.25, -0.2) is 4.98 Å². The summed E-state index contributed by atoms with van der Waals surface area (Å²) in [7, 11) is 0. The van der Waals surface area contributed by atoms with Gasteiger partial charge < -0.3 is 15.4 Å². The predicted octanol–water partition coefficient (Wildman–Crippen LogP) is 3.79. The molecule has 0 bridgehead atoms. The highest BCUT2D eigenvalue weighted by Crippen LogP contribution is 2.27. The number of aliphatic hydroxyl groups is 1. The fourth-order valence-electron chi connectivity index (χ4n) is 4.62. The van der Waals surface area contributed by atoms with Gasteiger partial charge in [0.05, 0.1) is 17.1 Å². The van der Waals surface area contributed by atoms with E-state index in [1.54, 1.807) is 0 Å². The van der Waals surface area contributed by atoms with Crippen molar-refractivity contribution < 1.29 is 5.11 Å². The van der Waals surface area contributed by atoms with Gasteiger partial charge in [-0.1, -0.05) is 36.4 Å². The quantitative estimate of drug-likeness (QED) is 0.409. The Morgan fingerprint density at radius 3 is 2.84 bits per heavy atom. The lowest BCUT2D eigenvalue weighted by molar-refractivity contribution is 0.135. The minimum atomic E-state index is -0.453. The highest BCUT2D eigenvalue weighted by Gasteiger charge is 2.29. The molecule has 6 nitrogen and oxygen atoms in total. The van der Waals surface area contributed by atoms with Crippen molar-refractivity contribution in [2.75, 3.05) is 0 Å². The van der Waals surface area contributed by atoms with Gasteiger partial charge in [-0.2, -0.15) is 5.10 Å². The van der Waals surface area contributed by atoms with Gasteiger partial charge >= 0.3 is 0 Å². The first-order valence-electron chi connectivity index (χ1n) is 11.2. The minimum Gasteiger partial charge on any atom is -0.387 e. The molecular weight excluding hydrogens is 386 g/mol. The van der Waals surface area contributed by atoms with E-state index in [0.29, 0.717) is 6.04 Å². The van der Waals surface area contributed by atoms with Crippen molar-refractivity contribution in [2.24, 2.45) is 0 Å². The van der Waals surface area contributed by atoms with E-state index in [4.69, 9.17) is 4.98 Å². The molecule has 1 aliphatic rings. The molecule has 4 aromatic rings. The van der Waals surface area contributed by atoms with E-state index in [1.165, 1.54) is 5.56 Å². The zero-order valence-corrected chi connectivity index (χ0v) is 17.6. The van der Waals surface area contributed by atoms with E-state index in [9.17, 15) is 5.11 Å². The molecule has 3 heterocycles. The number of aromatic amines is 1. The Hall–Kier alpha value is -2.96. The van der Waals surface area contributed by atoms with Gasteiger partial charge in [0.2, 0.25) is 0 Å². The summed E-state index contributed by atoms with van der Waals surface area (Å²) >= 11 is 0. The number of H-pyrrole nitrogens is 1. The van der Waals surface area contributed by atoms with Crippen molar-refractivity contribution in [1.29, 1.82) is 0 Å². The first-order chi connectivity index (χ1) is 15.2. The predicted molar refractivity (Wildman–Crippen MR) is 122 cm³/mol. The molecule has 0 aliphatic carbocycles. The molecular formula is C25H29N5O. The summed E-state index contributed by atoms with van der Waals surface area (Å²) in [4.78, 5) is 8.23. The van der Waals surface area contributed by atoms with Crippen LogP contribution in [0, 0.1) is 0 Å². The van der Waals surface area contributed by atoms with Gasteiger partial charge in [-0.3, -0.25) is 4.68 Å². The van der Waals surface area contributed by atoms with Crippen molar-refractivity contribution in [3.63, 3.8) is 0 Å². The summed E-state index contributed by atoms with van der Waals surface area (Å²) in [6.07, 6.45) is 8.30. The van der Waals surface area contributed by atoms with E-state index in [-0.39, 0.29) is 6.04 Å². The minimum absolute atomic E-state index is 0.115. The number of aryl methyl sites for hydroxylation is 2. The Kier molecular flexibility index (Phi) is 5.82. The molecule has 1 saturated heterocycles. The summed E-state index contributed by atoms with van der Waals surface area (Å²) in [5.41, 5.74) is 4.41. The highest BCUT2D eigenvalue weighted by atomic mass is 16.3. The summed E-state index contributed by atoms with van der Waals surface area (Å²) in [5.74, 6) is 1.03. The SMILES string of the molecule is O[C@H](c1ccccc1)[C@H]1CC[C@@H](Cc2ccc3nc(CCCn4cccn4)[nH]c3c2)N1. The van der Waals surface area contributed by atoms with Crippen LogP contribution in [0.3, 0.4) is 0 Å². The molecule has 160 valence electrons. The average molecular weight is 416 g/mol. The van der Waals surface area contributed by atoms with Gasteiger partial charge in [0.15, 0.2) is 0 Å². The Labute approximate surface area is 182 Å². The van der Waals surface area contributed by atoms with Gasteiger partial charge in [0.1, 0.15) is 5.82 Å². The smallest absolute Gasteiger partial charge is 0.107 e. The number of imidazole rings is 1. The normalized spacial score (nSPS) is 19.8. The fraction of sp³-hybridized carbons (Fsp3) is 0.360. The largest absolute Gasteiger partial charge is 0.387 e. The van der Waals surface area contributed by atoms with Gasteiger partial charge in [0.25, 0.3) is 0 Å². The standard InChI is InChI=1S/C25H29N5O/c31-25(19-6-2-1-3-7-19)22-12-10-20(27-22)16-18-9-11-21-23(17-18)29-24(28-21)8-4-14-30-15-5-13-26-30/h1-3,5-7,9,11,13,15,17,20,22,25,27,31H,4,8,10,12,14,16H2,(H,28,29)/t20-,22+,25+/m0/s1. The molecule has 6 heteroatoms. The van der Waals surface area contributed by atoms with Crippen LogP contribution in [0.15, 0.2) is 67.0 Å². The van der Waals surface area contributed by atoms with Crippen LogP contribution in [-0.4, -0.2) is 36.9 Å². The second-order valence-electron chi connectivity index (χ2n) is 8.51. The number of benzene rings is 2. The number of fused-ring (bicyclic) bond motifs is 1. The zero-order valence-electron chi connectivity index (χ0n) is 17.6. The number of aliphatic hydroxyl groups excluding tert-OH is 1. The third-order valence-corrected chi connectivity index (χ3v) is 6.24. The second kappa shape index (κ2) is 9.04. The van der Waals surface area contributed by atoms with Crippen LogP contribution in [0.25, 0.3) is 11.0 Å². The molecule has 1 aliphatic heterocycles. The van der Waals surface area contributed by atoms with Crippen LogP contribution in [-0.2, 0) is 19.4 Å². The Morgan fingerprint density at radius 2 is 2.00 bits per heavy atom. The Balaban J connectivity index is 1.18. The first-order valence-corrected chi connectivity index (χ1v) is 11.2. The number of nitrogens with zero attached hydrogens (tertiary/aromatic N) is 3. The molecule has 0 radical (unpaired) electrons. The first kappa shape index (κ1) is 20.0. The fourth-order valence-corrected chi connectivity index (χ4v) is 4.62. The average Bonchev–Trinajstić information content (AvgIpc) is 3.55. The van der Waals surface area contributed by atoms with Gasteiger partial charge in [-0.05, 0) is 55.0 Å². The van der Waals surface area contributed by atoms with Crippen LogP contribution < -0.4 is 5.32 Å². The topological polar surface area (TPSA) is 78.8 Å². The second-order valence-corrected chi connectivity index (χ2v) is 8.51. The molecule has 0 spiro atoms. The Bertz CT molecular complexity index is 1110. The number of hydrogen-bond acceptors (Lipinski definition) is 4. The number of aromatic nitrogens is 4. The van der Waals surface area contributed by atoms with Crippen molar-refractivity contribution in [3.8, 4) is 0 Å². The number of rotatable bonds is 8. The van der Waals surface area contributed by atoms with Crippen molar-refractivity contribution >= 4 is 11.0 Å². The molecule has 2 aromatic heterocycles. The van der Waals surface area contributed by atoms with E-state index in [1.807, 2.05) is 53.5 Å². The van der Waals surface area contributed by atoms with Crippen LogP contribution >= 0.6 is 0 Å². The number of nitrogens with one attached hydrogen (secondary N) is 2. The van der Waals surface area contributed by atoms with Crippen LogP contribution in [0.2, 0.25) is 0 Å². The molecule has 3 N–H and O–H groups in total. The summed E-state index contributed by atoms with van der Waals surface area (Å²) < 4.78 is 1.96. The van der Waals surface area contributed by atoms with E-state index in [2.05, 4.69) is 33.6 Å². The summed E-state index contributed by atoms with van der Waals surface area (Å²) in [5, 5.41) is 18.6. The maximum atomic E-state index is 10.7. The van der Waals surface area contributed by atoms with Gasteiger partial charge in [0, 0.05) is 37.4 Å². The molecule has 0 unspecified atom stereocenters. The molecule has 5 rings (SSSR count).